The molecule has 0 heterocycles. The van der Waals surface area contributed by atoms with Gasteiger partial charge in [-0.1, -0.05) is 19.8 Å². The summed E-state index contributed by atoms with van der Waals surface area (Å²) >= 11 is 1.72. The van der Waals surface area contributed by atoms with Crippen molar-refractivity contribution in [3.63, 3.8) is 0 Å². The highest BCUT2D eigenvalue weighted by Gasteiger charge is 2.04. The lowest BCUT2D eigenvalue weighted by Crippen LogP contribution is -1.93. The molecule has 1 aromatic rings. The summed E-state index contributed by atoms with van der Waals surface area (Å²) in [6.45, 7) is 3.95. The predicted molar refractivity (Wildman–Crippen MR) is 65.8 cm³/mol. The molecular weight excluding hydrogens is 209 g/mol. The van der Waals surface area contributed by atoms with Crippen molar-refractivity contribution in [3.8, 4) is 0 Å². The Labute approximate surface area is 95.2 Å². The van der Waals surface area contributed by atoms with Gasteiger partial charge in [0.15, 0.2) is 0 Å². The molecule has 0 saturated heterocycles. The number of nitrogens with two attached hydrogens (primary N) is 1. The maximum atomic E-state index is 13.1. The molecule has 2 N–H and O–H groups in total. The van der Waals surface area contributed by atoms with Gasteiger partial charge < -0.3 is 5.73 Å². The number of anilines is 1. The van der Waals surface area contributed by atoms with Gasteiger partial charge >= 0.3 is 0 Å². The van der Waals surface area contributed by atoms with Crippen molar-refractivity contribution in [3.05, 3.63) is 23.5 Å². The van der Waals surface area contributed by atoms with E-state index in [1.165, 1.54) is 25.3 Å². The standard InChI is InChI=1S/C12H18FNS/c1-3-4-5-6-15-12-7-9(2)10(13)8-11(12)14/h7-8H,3-6,14H2,1-2H3. The SMILES string of the molecule is CCCCCSc1cc(C)c(F)cc1N. The third-order valence-electron chi connectivity index (χ3n) is 2.30. The molecule has 1 aromatic carbocycles. The number of benzene rings is 1. The van der Waals surface area contributed by atoms with Crippen molar-refractivity contribution in [2.24, 2.45) is 0 Å². The van der Waals surface area contributed by atoms with Crippen LogP contribution >= 0.6 is 11.8 Å². The van der Waals surface area contributed by atoms with Crippen molar-refractivity contribution in [1.29, 1.82) is 0 Å². The van der Waals surface area contributed by atoms with E-state index in [4.69, 9.17) is 5.73 Å². The quantitative estimate of drug-likeness (QED) is 0.467. The summed E-state index contributed by atoms with van der Waals surface area (Å²) in [5, 5.41) is 0. The van der Waals surface area contributed by atoms with Crippen LogP contribution in [0.1, 0.15) is 31.7 Å². The largest absolute Gasteiger partial charge is 0.398 e. The van der Waals surface area contributed by atoms with Gasteiger partial charge in [0.2, 0.25) is 0 Å². The van der Waals surface area contributed by atoms with Crippen molar-refractivity contribution in [1.82, 2.24) is 0 Å². The first kappa shape index (κ1) is 12.4. The van der Waals surface area contributed by atoms with Crippen LogP contribution in [0.2, 0.25) is 0 Å². The smallest absolute Gasteiger partial charge is 0.128 e. The van der Waals surface area contributed by atoms with Crippen LogP contribution in [0.4, 0.5) is 10.1 Å². The maximum absolute atomic E-state index is 13.1. The lowest BCUT2D eigenvalue weighted by Gasteiger charge is -2.07. The van der Waals surface area contributed by atoms with Crippen LogP contribution < -0.4 is 5.73 Å². The van der Waals surface area contributed by atoms with Crippen LogP contribution in [0.15, 0.2) is 17.0 Å². The van der Waals surface area contributed by atoms with Crippen molar-refractivity contribution < 1.29 is 4.39 Å². The first-order chi connectivity index (χ1) is 7.15. The van der Waals surface area contributed by atoms with E-state index < -0.39 is 0 Å². The monoisotopic (exact) mass is 227 g/mol. The number of rotatable bonds is 5. The predicted octanol–water partition coefficient (Wildman–Crippen LogP) is 4.00. The summed E-state index contributed by atoms with van der Waals surface area (Å²) in [6.07, 6.45) is 3.66. The van der Waals surface area contributed by atoms with E-state index in [-0.39, 0.29) is 5.82 Å². The van der Waals surface area contributed by atoms with Gasteiger partial charge in [-0.2, -0.15) is 0 Å². The average Bonchev–Trinajstić information content (AvgIpc) is 2.20. The highest BCUT2D eigenvalue weighted by Crippen LogP contribution is 2.28. The molecule has 1 nitrogen and oxygen atoms in total. The molecule has 0 amide bonds. The number of nitrogen functional groups attached to an aromatic ring is 1. The first-order valence-corrected chi connectivity index (χ1v) is 6.32. The number of unbranched alkanes of at least 4 members (excludes halogenated alkanes) is 2. The number of hydrogen-bond donors (Lipinski definition) is 1. The highest BCUT2D eigenvalue weighted by atomic mass is 32.2. The summed E-state index contributed by atoms with van der Waals surface area (Å²) in [4.78, 5) is 1.00. The Morgan fingerprint density at radius 3 is 2.73 bits per heavy atom. The van der Waals surface area contributed by atoms with Crippen molar-refractivity contribution in [2.45, 2.75) is 38.0 Å². The van der Waals surface area contributed by atoms with Gasteiger partial charge in [0.25, 0.3) is 0 Å². The molecule has 0 aromatic heterocycles. The Morgan fingerprint density at radius 1 is 1.33 bits per heavy atom. The minimum atomic E-state index is -0.217. The molecule has 0 aliphatic rings. The molecule has 0 radical (unpaired) electrons. The van der Waals surface area contributed by atoms with E-state index >= 15 is 0 Å². The molecule has 0 saturated carbocycles. The van der Waals surface area contributed by atoms with Crippen molar-refractivity contribution in [2.75, 3.05) is 11.5 Å². The molecule has 0 bridgehead atoms. The third kappa shape index (κ3) is 3.74. The molecule has 0 spiro atoms. The first-order valence-electron chi connectivity index (χ1n) is 5.33. The zero-order chi connectivity index (χ0) is 11.3. The van der Waals surface area contributed by atoms with E-state index in [0.717, 1.165) is 10.6 Å². The number of hydrogen-bond acceptors (Lipinski definition) is 2. The van der Waals surface area contributed by atoms with Gasteiger partial charge in [0.1, 0.15) is 5.82 Å². The van der Waals surface area contributed by atoms with Crippen LogP contribution in [0.25, 0.3) is 0 Å². The fourth-order valence-corrected chi connectivity index (χ4v) is 2.38. The summed E-state index contributed by atoms with van der Waals surface area (Å²) in [5.74, 6) is 0.841. The van der Waals surface area contributed by atoms with Crippen LogP contribution in [0.3, 0.4) is 0 Å². The molecule has 3 heteroatoms. The number of halogens is 1. The second-order valence-corrected chi connectivity index (χ2v) is 4.83. The molecule has 84 valence electrons. The lowest BCUT2D eigenvalue weighted by atomic mass is 10.2. The average molecular weight is 227 g/mol. The van der Waals surface area contributed by atoms with E-state index in [1.807, 2.05) is 6.07 Å². The minimum absolute atomic E-state index is 0.217. The normalized spacial score (nSPS) is 10.6. The Bertz CT molecular complexity index is 326. The second kappa shape index (κ2) is 6.01. The van der Waals surface area contributed by atoms with E-state index in [2.05, 4.69) is 6.92 Å². The molecule has 0 fully saturated rings. The molecule has 0 unspecified atom stereocenters. The molecular formula is C12H18FNS. The Morgan fingerprint density at radius 2 is 2.07 bits per heavy atom. The van der Waals surface area contributed by atoms with Gasteiger partial charge in [0.05, 0.1) is 0 Å². The number of aryl methyl sites for hydroxylation is 1. The lowest BCUT2D eigenvalue weighted by molar-refractivity contribution is 0.618. The molecule has 0 aliphatic carbocycles. The van der Waals surface area contributed by atoms with Crippen molar-refractivity contribution >= 4 is 17.4 Å². The molecule has 0 atom stereocenters. The van der Waals surface area contributed by atoms with Crippen LogP contribution in [0.5, 0.6) is 0 Å². The second-order valence-electron chi connectivity index (χ2n) is 3.69. The Kier molecular flexibility index (Phi) is 4.95. The maximum Gasteiger partial charge on any atom is 0.128 e. The molecule has 15 heavy (non-hydrogen) atoms. The van der Waals surface area contributed by atoms with E-state index in [9.17, 15) is 4.39 Å². The molecule has 0 aliphatic heterocycles. The van der Waals surface area contributed by atoms with Crippen LogP contribution in [-0.4, -0.2) is 5.75 Å². The Balaban J connectivity index is 2.57. The third-order valence-corrected chi connectivity index (χ3v) is 3.45. The van der Waals surface area contributed by atoms with Gasteiger partial charge in [-0.25, -0.2) is 4.39 Å². The summed E-state index contributed by atoms with van der Waals surface area (Å²) in [7, 11) is 0. The summed E-state index contributed by atoms with van der Waals surface area (Å²) in [6, 6.07) is 3.25. The van der Waals surface area contributed by atoms with E-state index in [0.29, 0.717) is 11.3 Å². The Hall–Kier alpha value is -0.700. The van der Waals surface area contributed by atoms with Gasteiger partial charge in [-0.3, -0.25) is 0 Å². The zero-order valence-electron chi connectivity index (χ0n) is 9.35. The summed E-state index contributed by atoms with van der Waals surface area (Å²) in [5.41, 5.74) is 6.97. The zero-order valence-corrected chi connectivity index (χ0v) is 10.2. The minimum Gasteiger partial charge on any atom is -0.398 e. The number of thioether (sulfide) groups is 1. The fraction of sp³-hybridized carbons (Fsp3) is 0.500. The fourth-order valence-electron chi connectivity index (χ4n) is 1.33. The summed E-state index contributed by atoms with van der Waals surface area (Å²) < 4.78 is 13.1. The molecule has 1 rings (SSSR count). The van der Waals surface area contributed by atoms with Crippen LogP contribution in [-0.2, 0) is 0 Å². The van der Waals surface area contributed by atoms with E-state index in [1.54, 1.807) is 18.7 Å². The van der Waals surface area contributed by atoms with Crippen LogP contribution in [0, 0.1) is 12.7 Å². The highest BCUT2D eigenvalue weighted by molar-refractivity contribution is 7.99. The van der Waals surface area contributed by atoms with Gasteiger partial charge in [0, 0.05) is 10.6 Å². The van der Waals surface area contributed by atoms with Gasteiger partial charge in [-0.15, -0.1) is 11.8 Å². The van der Waals surface area contributed by atoms with Gasteiger partial charge in [-0.05, 0) is 36.8 Å². The topological polar surface area (TPSA) is 26.0 Å².